The highest BCUT2D eigenvalue weighted by Crippen LogP contribution is 2.31. The summed E-state index contributed by atoms with van der Waals surface area (Å²) in [5, 5.41) is 2.87. The van der Waals surface area contributed by atoms with Crippen molar-refractivity contribution in [3.8, 4) is 5.88 Å². The first kappa shape index (κ1) is 16.2. The zero-order chi connectivity index (χ0) is 16.3. The van der Waals surface area contributed by atoms with Gasteiger partial charge in [0.05, 0.1) is 12.0 Å². The molecule has 2 aromatic rings. The molecular formula is C15H20N4O2S. The largest absolute Gasteiger partial charge is 0.479 e. The van der Waals surface area contributed by atoms with Crippen molar-refractivity contribution in [2.24, 2.45) is 0 Å². The number of rotatable bonds is 5. The van der Waals surface area contributed by atoms with E-state index in [1.165, 1.54) is 30.3 Å². The number of thiophene rings is 1. The number of aromatic nitrogens is 2. The number of methoxy groups -OCH3 is 1. The van der Waals surface area contributed by atoms with E-state index < -0.39 is 0 Å². The van der Waals surface area contributed by atoms with Crippen LogP contribution < -0.4 is 15.0 Å². The van der Waals surface area contributed by atoms with Crippen LogP contribution in [0.15, 0.2) is 12.4 Å². The van der Waals surface area contributed by atoms with Crippen LogP contribution in [0.3, 0.4) is 0 Å². The van der Waals surface area contributed by atoms with Gasteiger partial charge in [0.1, 0.15) is 12.0 Å². The summed E-state index contributed by atoms with van der Waals surface area (Å²) in [5.74, 6) is 0.768. The van der Waals surface area contributed by atoms with Crippen LogP contribution in [0.5, 0.6) is 5.88 Å². The number of amides is 1. The molecule has 2 heterocycles. The number of ether oxygens (including phenoxy) is 1. The van der Waals surface area contributed by atoms with Crippen molar-refractivity contribution in [1.29, 1.82) is 0 Å². The molecule has 1 N–H and O–H groups in total. The van der Waals surface area contributed by atoms with Gasteiger partial charge in [0, 0.05) is 19.0 Å². The minimum absolute atomic E-state index is 0.177. The maximum Gasteiger partial charge on any atom is 0.265 e. The van der Waals surface area contributed by atoms with Crippen molar-refractivity contribution < 1.29 is 9.53 Å². The molecule has 0 saturated heterocycles. The van der Waals surface area contributed by atoms with Gasteiger partial charge in [-0.15, -0.1) is 11.3 Å². The van der Waals surface area contributed by atoms with E-state index in [1.54, 1.807) is 4.90 Å². The third-order valence-corrected chi connectivity index (χ3v) is 4.36. The lowest BCUT2D eigenvalue weighted by Gasteiger charge is -2.17. The van der Waals surface area contributed by atoms with Crippen molar-refractivity contribution in [2.75, 3.05) is 31.4 Å². The predicted octanol–water partition coefficient (Wildman–Crippen LogP) is 2.74. The fraction of sp³-hybridized carbons (Fsp3) is 0.400. The highest BCUT2D eigenvalue weighted by Gasteiger charge is 2.19. The third kappa shape index (κ3) is 3.19. The number of anilines is 2. The Hall–Kier alpha value is -2.15. The van der Waals surface area contributed by atoms with E-state index in [9.17, 15) is 4.79 Å². The molecule has 2 rings (SSSR count). The fourth-order valence-corrected chi connectivity index (χ4v) is 3.13. The molecule has 1 amide bonds. The van der Waals surface area contributed by atoms with Crippen LogP contribution in [-0.4, -0.2) is 37.1 Å². The van der Waals surface area contributed by atoms with Crippen LogP contribution in [0.4, 0.5) is 11.5 Å². The van der Waals surface area contributed by atoms with E-state index in [0.29, 0.717) is 22.3 Å². The molecule has 118 valence electrons. The standard InChI is InChI=1S/C15H20N4O2S/c1-6-10-7-11(22-9(10)2)14(20)18-12-13(19(3)4)16-8-17-15(12)21-5/h7-8H,6H2,1-5H3,(H,18,20). The van der Waals surface area contributed by atoms with E-state index in [-0.39, 0.29) is 5.91 Å². The molecule has 0 bridgehead atoms. The van der Waals surface area contributed by atoms with Gasteiger partial charge in [0.15, 0.2) is 5.82 Å². The van der Waals surface area contributed by atoms with E-state index in [2.05, 4.69) is 22.2 Å². The number of carbonyl (C=O) groups excluding carboxylic acids is 1. The molecule has 2 aromatic heterocycles. The summed E-state index contributed by atoms with van der Waals surface area (Å²) in [6, 6.07) is 1.93. The van der Waals surface area contributed by atoms with E-state index in [1.807, 2.05) is 27.1 Å². The van der Waals surface area contributed by atoms with Gasteiger partial charge in [-0.3, -0.25) is 4.79 Å². The number of hydrogen-bond donors (Lipinski definition) is 1. The molecule has 7 heteroatoms. The van der Waals surface area contributed by atoms with Crippen LogP contribution in [0.2, 0.25) is 0 Å². The summed E-state index contributed by atoms with van der Waals surface area (Å²) < 4.78 is 5.23. The van der Waals surface area contributed by atoms with Crippen LogP contribution >= 0.6 is 11.3 Å². The Bertz CT molecular complexity index is 682. The Morgan fingerprint density at radius 3 is 2.68 bits per heavy atom. The lowest BCUT2D eigenvalue weighted by molar-refractivity contribution is 0.103. The predicted molar refractivity (Wildman–Crippen MR) is 89.3 cm³/mol. The van der Waals surface area contributed by atoms with Gasteiger partial charge in [-0.1, -0.05) is 6.92 Å². The zero-order valence-corrected chi connectivity index (χ0v) is 14.2. The number of aryl methyl sites for hydroxylation is 2. The summed E-state index contributed by atoms with van der Waals surface area (Å²) in [6.45, 7) is 4.10. The van der Waals surface area contributed by atoms with Gasteiger partial charge in [-0.25, -0.2) is 4.98 Å². The molecule has 0 radical (unpaired) electrons. The second kappa shape index (κ2) is 6.74. The molecule has 0 aromatic carbocycles. The molecule has 0 atom stereocenters. The Morgan fingerprint density at radius 1 is 1.41 bits per heavy atom. The molecule has 0 unspecified atom stereocenters. The van der Waals surface area contributed by atoms with Crippen molar-refractivity contribution in [2.45, 2.75) is 20.3 Å². The first-order valence-corrected chi connectivity index (χ1v) is 7.76. The molecule has 6 nitrogen and oxygen atoms in total. The van der Waals surface area contributed by atoms with Crippen LogP contribution in [-0.2, 0) is 6.42 Å². The van der Waals surface area contributed by atoms with Crippen LogP contribution in [0.25, 0.3) is 0 Å². The minimum Gasteiger partial charge on any atom is -0.479 e. The average molecular weight is 320 g/mol. The SMILES string of the molecule is CCc1cc(C(=O)Nc2c(OC)ncnc2N(C)C)sc1C. The summed E-state index contributed by atoms with van der Waals surface area (Å²) >= 11 is 1.49. The van der Waals surface area contributed by atoms with Gasteiger partial charge in [-0.05, 0) is 25.0 Å². The quantitative estimate of drug-likeness (QED) is 0.917. The van der Waals surface area contributed by atoms with Gasteiger partial charge in [-0.2, -0.15) is 4.98 Å². The Morgan fingerprint density at radius 2 is 2.14 bits per heavy atom. The molecular weight excluding hydrogens is 300 g/mol. The van der Waals surface area contributed by atoms with E-state index in [0.717, 1.165) is 11.3 Å². The summed E-state index contributed by atoms with van der Waals surface area (Å²) in [5.41, 5.74) is 1.67. The summed E-state index contributed by atoms with van der Waals surface area (Å²) in [4.78, 5) is 24.4. The molecule has 0 fully saturated rings. The number of nitrogens with zero attached hydrogens (tertiary/aromatic N) is 3. The van der Waals surface area contributed by atoms with Gasteiger partial charge in [0.2, 0.25) is 5.88 Å². The number of nitrogens with one attached hydrogen (secondary N) is 1. The molecule has 0 aliphatic rings. The Kier molecular flexibility index (Phi) is 4.97. The Balaban J connectivity index is 2.35. The van der Waals surface area contributed by atoms with Crippen molar-refractivity contribution in [3.63, 3.8) is 0 Å². The first-order valence-electron chi connectivity index (χ1n) is 6.94. The van der Waals surface area contributed by atoms with Crippen molar-refractivity contribution >= 4 is 28.7 Å². The monoisotopic (exact) mass is 320 g/mol. The summed E-state index contributed by atoms with van der Waals surface area (Å²) in [6.07, 6.45) is 2.32. The van der Waals surface area contributed by atoms with Crippen LogP contribution in [0.1, 0.15) is 27.0 Å². The second-order valence-corrected chi connectivity index (χ2v) is 6.23. The molecule has 22 heavy (non-hydrogen) atoms. The Labute approximate surface area is 134 Å². The highest BCUT2D eigenvalue weighted by molar-refractivity contribution is 7.14. The van der Waals surface area contributed by atoms with Gasteiger partial charge in [0.25, 0.3) is 5.91 Å². The molecule has 0 aliphatic heterocycles. The summed E-state index contributed by atoms with van der Waals surface area (Å²) in [7, 11) is 5.21. The van der Waals surface area contributed by atoms with E-state index >= 15 is 0 Å². The maximum atomic E-state index is 12.5. The lowest BCUT2D eigenvalue weighted by Crippen LogP contribution is -2.18. The third-order valence-electron chi connectivity index (χ3n) is 3.27. The van der Waals surface area contributed by atoms with E-state index in [4.69, 9.17) is 4.74 Å². The molecule has 0 spiro atoms. The molecule has 0 saturated carbocycles. The minimum atomic E-state index is -0.177. The normalized spacial score (nSPS) is 10.4. The van der Waals surface area contributed by atoms with Crippen molar-refractivity contribution in [3.05, 3.63) is 27.7 Å². The second-order valence-electron chi connectivity index (χ2n) is 4.98. The van der Waals surface area contributed by atoms with Gasteiger partial charge >= 0.3 is 0 Å². The fourth-order valence-electron chi connectivity index (χ4n) is 2.12. The van der Waals surface area contributed by atoms with Crippen LogP contribution in [0, 0.1) is 6.92 Å². The lowest BCUT2D eigenvalue weighted by atomic mass is 10.2. The zero-order valence-electron chi connectivity index (χ0n) is 13.4. The molecule has 0 aliphatic carbocycles. The number of carbonyl (C=O) groups is 1. The highest BCUT2D eigenvalue weighted by atomic mass is 32.1. The smallest absolute Gasteiger partial charge is 0.265 e. The first-order chi connectivity index (χ1) is 10.5. The average Bonchev–Trinajstić information content (AvgIpc) is 2.88. The topological polar surface area (TPSA) is 67.3 Å². The number of hydrogen-bond acceptors (Lipinski definition) is 6. The van der Waals surface area contributed by atoms with Crippen molar-refractivity contribution in [1.82, 2.24) is 9.97 Å². The maximum absolute atomic E-state index is 12.5. The van der Waals surface area contributed by atoms with Gasteiger partial charge < -0.3 is 15.0 Å².